The highest BCUT2D eigenvalue weighted by atomic mass is 19.1. The van der Waals surface area contributed by atoms with Crippen molar-refractivity contribution in [2.24, 2.45) is 0 Å². The van der Waals surface area contributed by atoms with Gasteiger partial charge in [-0.25, -0.2) is 14.2 Å². The van der Waals surface area contributed by atoms with E-state index in [0.29, 0.717) is 11.6 Å². The number of rotatable bonds is 4. The second-order valence-electron chi connectivity index (χ2n) is 4.73. The van der Waals surface area contributed by atoms with E-state index >= 15 is 0 Å². The molecular weight excluding hydrogens is 259 g/mol. The Kier molecular flexibility index (Phi) is 3.98. The molecule has 0 unspecified atom stereocenters. The monoisotopic (exact) mass is 274 g/mol. The van der Waals surface area contributed by atoms with Gasteiger partial charge in [-0.15, -0.1) is 0 Å². The molecule has 2 rings (SSSR count). The molecule has 2 aromatic rings. The Morgan fingerprint density at radius 3 is 2.45 bits per heavy atom. The third kappa shape index (κ3) is 2.93. The predicted molar refractivity (Wildman–Crippen MR) is 75.0 cm³/mol. The van der Waals surface area contributed by atoms with Crippen molar-refractivity contribution in [1.82, 2.24) is 4.98 Å². The maximum Gasteiger partial charge on any atom is 0.338 e. The second-order valence-corrected chi connectivity index (χ2v) is 4.73. The molecule has 104 valence electrons. The number of nitrogens with zero attached hydrogens (tertiary/aromatic N) is 1. The third-order valence-electron chi connectivity index (χ3n) is 2.96. The number of pyridine rings is 1. The minimum absolute atomic E-state index is 0.0952. The van der Waals surface area contributed by atoms with Crippen LogP contribution in [-0.2, 0) is 0 Å². The Bertz CT molecular complexity index is 624. The number of anilines is 2. The Morgan fingerprint density at radius 1 is 1.25 bits per heavy atom. The number of hydrogen-bond donors (Lipinski definition) is 2. The summed E-state index contributed by atoms with van der Waals surface area (Å²) >= 11 is 0. The van der Waals surface area contributed by atoms with Gasteiger partial charge < -0.3 is 10.4 Å². The van der Waals surface area contributed by atoms with Gasteiger partial charge in [-0.1, -0.05) is 26.0 Å². The molecule has 0 aliphatic heterocycles. The molecule has 0 amide bonds. The van der Waals surface area contributed by atoms with Crippen molar-refractivity contribution in [3.05, 3.63) is 53.5 Å². The summed E-state index contributed by atoms with van der Waals surface area (Å²) in [5, 5.41) is 11.6. The van der Waals surface area contributed by atoms with Gasteiger partial charge in [0.05, 0.1) is 0 Å². The summed E-state index contributed by atoms with van der Waals surface area (Å²) in [7, 11) is 0. The van der Waals surface area contributed by atoms with E-state index in [-0.39, 0.29) is 5.82 Å². The molecule has 0 atom stereocenters. The number of benzene rings is 1. The number of carbonyl (C=O) groups is 1. The van der Waals surface area contributed by atoms with Crippen LogP contribution >= 0.6 is 0 Å². The van der Waals surface area contributed by atoms with Gasteiger partial charge >= 0.3 is 5.97 Å². The van der Waals surface area contributed by atoms with Gasteiger partial charge in [-0.3, -0.25) is 0 Å². The molecule has 1 aromatic heterocycles. The minimum atomic E-state index is -1.32. The average Bonchev–Trinajstić information content (AvgIpc) is 2.41. The number of carboxylic acids is 1. The van der Waals surface area contributed by atoms with Crippen LogP contribution in [0.3, 0.4) is 0 Å². The third-order valence-corrected chi connectivity index (χ3v) is 2.96. The second kappa shape index (κ2) is 5.69. The summed E-state index contributed by atoms with van der Waals surface area (Å²) in [4.78, 5) is 14.7. The topological polar surface area (TPSA) is 62.2 Å². The first-order valence-electron chi connectivity index (χ1n) is 6.24. The van der Waals surface area contributed by atoms with Gasteiger partial charge in [0.2, 0.25) is 0 Å². The van der Waals surface area contributed by atoms with Gasteiger partial charge in [0.25, 0.3) is 0 Å². The van der Waals surface area contributed by atoms with Crippen LogP contribution in [0.5, 0.6) is 0 Å². The number of aromatic carboxylic acids is 1. The lowest BCUT2D eigenvalue weighted by atomic mass is 10.0. The van der Waals surface area contributed by atoms with E-state index in [1.807, 2.05) is 24.3 Å². The van der Waals surface area contributed by atoms with E-state index in [4.69, 9.17) is 5.11 Å². The highest BCUT2D eigenvalue weighted by Crippen LogP contribution is 2.22. The molecule has 5 heteroatoms. The lowest BCUT2D eigenvalue weighted by Gasteiger charge is -2.10. The average molecular weight is 274 g/mol. The van der Waals surface area contributed by atoms with Crippen LogP contribution in [0.4, 0.5) is 15.9 Å². The summed E-state index contributed by atoms with van der Waals surface area (Å²) in [5.41, 5.74) is 1.42. The first-order chi connectivity index (χ1) is 9.49. The van der Waals surface area contributed by atoms with E-state index in [1.165, 1.54) is 11.8 Å². The van der Waals surface area contributed by atoms with Crippen molar-refractivity contribution in [2.45, 2.75) is 19.8 Å². The zero-order chi connectivity index (χ0) is 14.7. The van der Waals surface area contributed by atoms with Gasteiger partial charge in [-0.2, -0.15) is 0 Å². The van der Waals surface area contributed by atoms with Crippen LogP contribution in [0, 0.1) is 5.82 Å². The molecule has 0 saturated heterocycles. The number of hydrogen-bond acceptors (Lipinski definition) is 3. The van der Waals surface area contributed by atoms with Crippen LogP contribution in [-0.4, -0.2) is 16.1 Å². The van der Waals surface area contributed by atoms with Gasteiger partial charge in [0.15, 0.2) is 11.6 Å². The van der Waals surface area contributed by atoms with Crippen LogP contribution in [0.15, 0.2) is 36.5 Å². The molecule has 2 N–H and O–H groups in total. The molecule has 0 bridgehead atoms. The molecule has 20 heavy (non-hydrogen) atoms. The van der Waals surface area contributed by atoms with E-state index in [1.54, 1.807) is 0 Å². The Morgan fingerprint density at radius 2 is 1.90 bits per heavy atom. The first kappa shape index (κ1) is 14.0. The summed E-state index contributed by atoms with van der Waals surface area (Å²) in [6.45, 7) is 4.17. The smallest absolute Gasteiger partial charge is 0.338 e. The molecular formula is C15H15FN2O2. The van der Waals surface area contributed by atoms with E-state index in [9.17, 15) is 9.18 Å². The molecule has 1 aromatic carbocycles. The Hall–Kier alpha value is -2.43. The maximum atomic E-state index is 13.9. The van der Waals surface area contributed by atoms with Crippen molar-refractivity contribution in [1.29, 1.82) is 0 Å². The van der Waals surface area contributed by atoms with Crippen molar-refractivity contribution in [3.63, 3.8) is 0 Å². The normalized spacial score (nSPS) is 10.6. The summed E-state index contributed by atoms with van der Waals surface area (Å²) in [5.74, 6) is -1.87. The lowest BCUT2D eigenvalue weighted by molar-refractivity contribution is 0.0692. The van der Waals surface area contributed by atoms with Crippen LogP contribution in [0.25, 0.3) is 0 Å². The van der Waals surface area contributed by atoms with Crippen molar-refractivity contribution in [3.8, 4) is 0 Å². The molecule has 0 aliphatic rings. The summed E-state index contributed by atoms with van der Waals surface area (Å²) in [6, 6.07) is 8.62. The van der Waals surface area contributed by atoms with Gasteiger partial charge in [-0.05, 0) is 29.7 Å². The molecule has 4 nitrogen and oxygen atoms in total. The summed E-state index contributed by atoms with van der Waals surface area (Å²) < 4.78 is 13.9. The van der Waals surface area contributed by atoms with E-state index in [2.05, 4.69) is 24.1 Å². The fraction of sp³-hybridized carbons (Fsp3) is 0.200. The minimum Gasteiger partial charge on any atom is -0.478 e. The summed E-state index contributed by atoms with van der Waals surface area (Å²) in [6.07, 6.45) is 1.26. The number of carboxylic acid groups (broad SMARTS) is 1. The van der Waals surface area contributed by atoms with Crippen LogP contribution in [0.1, 0.15) is 35.7 Å². The van der Waals surface area contributed by atoms with Crippen LogP contribution in [0.2, 0.25) is 0 Å². The molecule has 0 fully saturated rings. The lowest BCUT2D eigenvalue weighted by Crippen LogP contribution is -2.05. The van der Waals surface area contributed by atoms with Crippen molar-refractivity contribution < 1.29 is 14.3 Å². The largest absolute Gasteiger partial charge is 0.478 e. The molecule has 0 radical (unpaired) electrons. The quantitative estimate of drug-likeness (QED) is 0.890. The van der Waals surface area contributed by atoms with Crippen molar-refractivity contribution in [2.75, 3.05) is 5.32 Å². The zero-order valence-corrected chi connectivity index (χ0v) is 11.2. The van der Waals surface area contributed by atoms with Crippen molar-refractivity contribution >= 4 is 17.5 Å². The SMILES string of the molecule is CC(C)c1ccc(Nc2nccc(C(=O)O)c2F)cc1. The first-order valence-corrected chi connectivity index (χ1v) is 6.24. The highest BCUT2D eigenvalue weighted by Gasteiger charge is 2.15. The molecule has 0 aliphatic carbocycles. The fourth-order valence-electron chi connectivity index (χ4n) is 1.78. The molecule has 0 spiro atoms. The standard InChI is InChI=1S/C15H15FN2O2/c1-9(2)10-3-5-11(6-4-10)18-14-13(16)12(15(19)20)7-8-17-14/h3-9H,1-2H3,(H,17,18)(H,19,20). The number of halogens is 1. The zero-order valence-electron chi connectivity index (χ0n) is 11.2. The highest BCUT2D eigenvalue weighted by molar-refractivity contribution is 5.89. The van der Waals surface area contributed by atoms with Gasteiger partial charge in [0.1, 0.15) is 5.56 Å². The van der Waals surface area contributed by atoms with E-state index < -0.39 is 17.3 Å². The van der Waals surface area contributed by atoms with Gasteiger partial charge in [0, 0.05) is 11.9 Å². The predicted octanol–water partition coefficient (Wildman–Crippen LogP) is 3.79. The fourth-order valence-corrected chi connectivity index (χ4v) is 1.78. The Labute approximate surface area is 116 Å². The molecule has 0 saturated carbocycles. The van der Waals surface area contributed by atoms with Crippen LogP contribution < -0.4 is 5.32 Å². The van der Waals surface area contributed by atoms with E-state index in [0.717, 1.165) is 6.07 Å². The maximum absolute atomic E-state index is 13.9. The molecule has 1 heterocycles. The number of aromatic nitrogens is 1. The Balaban J connectivity index is 2.26. The number of nitrogens with one attached hydrogen (secondary N) is 1.